The molecule has 0 bridgehead atoms. The number of hydrogen-bond donors (Lipinski definition) is 0. The highest BCUT2D eigenvalue weighted by atomic mass is 35.5. The average Bonchev–Trinajstić information content (AvgIpc) is 2.63. The summed E-state index contributed by atoms with van der Waals surface area (Å²) in [5, 5.41) is -0.585. The standard InChI is InChI=1S/C19H14Cl4OS2/c1-11-3-7-13(8-4-11)25-18(23)16(21)15(20)17(22)19(24)26-14-9-5-12(2)6-10-14/h3-10H,1-2H3/b17-15-,18-16+. The third-order valence-electron chi connectivity index (χ3n) is 3.20. The number of aryl methyl sites for hydroxylation is 2. The van der Waals surface area contributed by atoms with Crippen LogP contribution >= 0.6 is 69.9 Å². The van der Waals surface area contributed by atoms with Gasteiger partial charge in [0, 0.05) is 9.79 Å². The molecule has 0 aliphatic heterocycles. The van der Waals surface area contributed by atoms with Gasteiger partial charge >= 0.3 is 0 Å². The minimum atomic E-state index is -0.400. The van der Waals surface area contributed by atoms with E-state index in [1.54, 1.807) is 0 Å². The maximum atomic E-state index is 12.3. The van der Waals surface area contributed by atoms with E-state index >= 15 is 0 Å². The first-order chi connectivity index (χ1) is 12.3. The molecule has 0 fully saturated rings. The van der Waals surface area contributed by atoms with Gasteiger partial charge < -0.3 is 0 Å². The van der Waals surface area contributed by atoms with Crippen molar-refractivity contribution in [3.8, 4) is 0 Å². The summed E-state index contributed by atoms with van der Waals surface area (Å²) in [6.07, 6.45) is 0. The molecule has 2 aromatic carbocycles. The zero-order valence-corrected chi connectivity index (χ0v) is 18.5. The first-order valence-corrected chi connectivity index (χ1v) is 10.6. The predicted molar refractivity (Wildman–Crippen MR) is 117 cm³/mol. The van der Waals surface area contributed by atoms with Gasteiger partial charge in [-0.25, -0.2) is 0 Å². The zero-order chi connectivity index (χ0) is 19.3. The van der Waals surface area contributed by atoms with Gasteiger partial charge in [-0.05, 0) is 49.9 Å². The lowest BCUT2D eigenvalue weighted by molar-refractivity contribution is -0.107. The molecular formula is C19H14Cl4OS2. The first kappa shape index (κ1) is 21.7. The van der Waals surface area contributed by atoms with Gasteiger partial charge in [-0.2, -0.15) is 0 Å². The molecule has 0 spiro atoms. The van der Waals surface area contributed by atoms with Gasteiger partial charge in [0.25, 0.3) is 0 Å². The zero-order valence-electron chi connectivity index (χ0n) is 13.9. The van der Waals surface area contributed by atoms with Crippen molar-refractivity contribution in [1.82, 2.24) is 0 Å². The molecule has 0 heterocycles. The van der Waals surface area contributed by atoms with Crippen LogP contribution in [0.2, 0.25) is 0 Å². The van der Waals surface area contributed by atoms with E-state index in [1.807, 2.05) is 62.4 Å². The fraction of sp³-hybridized carbons (Fsp3) is 0.105. The van der Waals surface area contributed by atoms with E-state index in [0.29, 0.717) is 0 Å². The Kier molecular flexibility index (Phi) is 8.46. The summed E-state index contributed by atoms with van der Waals surface area (Å²) >= 11 is 27.0. The quantitative estimate of drug-likeness (QED) is 0.253. The van der Waals surface area contributed by atoms with Crippen molar-refractivity contribution in [2.24, 2.45) is 0 Å². The Labute approximate surface area is 181 Å². The smallest absolute Gasteiger partial charge is 0.237 e. The van der Waals surface area contributed by atoms with Gasteiger partial charge in [0.05, 0.1) is 14.4 Å². The van der Waals surface area contributed by atoms with Crippen LogP contribution < -0.4 is 0 Å². The van der Waals surface area contributed by atoms with Gasteiger partial charge in [0.15, 0.2) is 0 Å². The van der Waals surface area contributed by atoms with E-state index in [1.165, 1.54) is 11.8 Å². The lowest BCUT2D eigenvalue weighted by atomic mass is 10.2. The Morgan fingerprint density at radius 3 is 1.54 bits per heavy atom. The van der Waals surface area contributed by atoms with Crippen LogP contribution in [0.25, 0.3) is 0 Å². The summed E-state index contributed by atoms with van der Waals surface area (Å²) in [4.78, 5) is 14.0. The molecule has 0 N–H and O–H groups in total. The van der Waals surface area contributed by atoms with Crippen molar-refractivity contribution >= 4 is 75.0 Å². The van der Waals surface area contributed by atoms with Crippen LogP contribution in [0, 0.1) is 13.8 Å². The molecule has 1 nitrogen and oxygen atoms in total. The highest BCUT2D eigenvalue weighted by molar-refractivity contribution is 8.14. The molecule has 0 amide bonds. The maximum absolute atomic E-state index is 12.3. The number of halogens is 4. The Morgan fingerprint density at radius 2 is 1.08 bits per heavy atom. The van der Waals surface area contributed by atoms with Crippen molar-refractivity contribution in [3.05, 3.63) is 79.1 Å². The molecule has 2 aromatic rings. The summed E-state index contributed by atoms with van der Waals surface area (Å²) in [6, 6.07) is 15.3. The number of carbonyl (C=O) groups is 1. The minimum Gasteiger partial charge on any atom is -0.280 e. The van der Waals surface area contributed by atoms with Crippen molar-refractivity contribution in [1.29, 1.82) is 0 Å². The molecule has 0 unspecified atom stereocenters. The van der Waals surface area contributed by atoms with Gasteiger partial charge in [-0.15, -0.1) is 0 Å². The van der Waals surface area contributed by atoms with Gasteiger partial charge in [0.1, 0.15) is 5.03 Å². The highest BCUT2D eigenvalue weighted by Crippen LogP contribution is 2.39. The predicted octanol–water partition coefficient (Wildman–Crippen LogP) is 8.05. The van der Waals surface area contributed by atoms with Crippen LogP contribution in [0.3, 0.4) is 0 Å². The lowest BCUT2D eigenvalue weighted by Crippen LogP contribution is -1.94. The Bertz CT molecular complexity index is 856. The van der Waals surface area contributed by atoms with Crippen molar-refractivity contribution in [2.75, 3.05) is 0 Å². The van der Waals surface area contributed by atoms with Crippen LogP contribution in [0.5, 0.6) is 0 Å². The topological polar surface area (TPSA) is 17.1 Å². The van der Waals surface area contributed by atoms with E-state index in [4.69, 9.17) is 46.4 Å². The first-order valence-electron chi connectivity index (χ1n) is 7.42. The number of benzene rings is 2. The van der Waals surface area contributed by atoms with Gasteiger partial charge in [0.2, 0.25) is 5.12 Å². The maximum Gasteiger partial charge on any atom is 0.237 e. The van der Waals surface area contributed by atoms with E-state index in [-0.39, 0.29) is 19.5 Å². The molecule has 7 heteroatoms. The van der Waals surface area contributed by atoms with Crippen LogP contribution in [-0.4, -0.2) is 5.12 Å². The lowest BCUT2D eigenvalue weighted by Gasteiger charge is -2.06. The molecule has 0 atom stereocenters. The molecule has 0 radical (unpaired) electrons. The van der Waals surface area contributed by atoms with Gasteiger partial charge in [-0.1, -0.05) is 93.6 Å². The van der Waals surface area contributed by atoms with Crippen molar-refractivity contribution in [3.63, 3.8) is 0 Å². The van der Waals surface area contributed by atoms with E-state index < -0.39 is 5.12 Å². The summed E-state index contributed by atoms with van der Waals surface area (Å²) in [5.41, 5.74) is 2.24. The monoisotopic (exact) mass is 462 g/mol. The highest BCUT2D eigenvalue weighted by Gasteiger charge is 2.18. The van der Waals surface area contributed by atoms with E-state index in [2.05, 4.69) is 0 Å². The molecule has 0 saturated heterocycles. The Morgan fingerprint density at radius 1 is 0.654 bits per heavy atom. The number of allylic oxidation sites excluding steroid dienone is 2. The molecule has 136 valence electrons. The third-order valence-corrected chi connectivity index (χ3v) is 7.04. The molecule has 0 aromatic heterocycles. The second-order valence-corrected chi connectivity index (χ2v) is 9.20. The largest absolute Gasteiger partial charge is 0.280 e. The summed E-state index contributed by atoms with van der Waals surface area (Å²) in [6.45, 7) is 3.97. The summed E-state index contributed by atoms with van der Waals surface area (Å²) in [7, 11) is 0. The second kappa shape index (κ2) is 10.1. The van der Waals surface area contributed by atoms with Crippen molar-refractivity contribution in [2.45, 2.75) is 23.6 Å². The Balaban J connectivity index is 2.16. The average molecular weight is 464 g/mol. The normalized spacial score (nSPS) is 13.2. The number of hydrogen-bond acceptors (Lipinski definition) is 3. The van der Waals surface area contributed by atoms with Crippen LogP contribution in [0.15, 0.2) is 77.8 Å². The third kappa shape index (κ3) is 6.26. The molecule has 0 aliphatic rings. The number of thioether (sulfide) groups is 2. The Hall–Kier alpha value is -0.550. The fourth-order valence-electron chi connectivity index (χ4n) is 1.78. The molecule has 0 aliphatic carbocycles. The second-order valence-electron chi connectivity index (χ2n) is 5.33. The molecule has 2 rings (SSSR count). The van der Waals surface area contributed by atoms with Crippen LogP contribution in [0.1, 0.15) is 11.1 Å². The summed E-state index contributed by atoms with van der Waals surface area (Å²) < 4.78 is 0.242. The minimum absolute atomic E-state index is 0.0433. The van der Waals surface area contributed by atoms with Crippen LogP contribution in [-0.2, 0) is 4.79 Å². The molecule has 26 heavy (non-hydrogen) atoms. The summed E-state index contributed by atoms with van der Waals surface area (Å²) in [5.74, 6) is 0. The van der Waals surface area contributed by atoms with Crippen molar-refractivity contribution < 1.29 is 4.79 Å². The van der Waals surface area contributed by atoms with E-state index in [9.17, 15) is 4.79 Å². The SMILES string of the molecule is Cc1ccc(SC(=O)/C(Cl)=C(Cl)\C(Cl)=C(\Cl)Sc2ccc(C)cc2)cc1. The van der Waals surface area contributed by atoms with Crippen LogP contribution in [0.4, 0.5) is 0 Å². The number of rotatable bonds is 5. The molecular weight excluding hydrogens is 450 g/mol. The van der Waals surface area contributed by atoms with Gasteiger partial charge in [-0.3, -0.25) is 4.79 Å². The molecule has 0 saturated carbocycles. The fourth-order valence-corrected chi connectivity index (χ4v) is 4.30. The number of carbonyl (C=O) groups excluding carboxylic acids is 1. The van der Waals surface area contributed by atoms with E-state index in [0.717, 1.165) is 32.7 Å².